The third kappa shape index (κ3) is 2.77. The zero-order valence-corrected chi connectivity index (χ0v) is 6.09. The summed E-state index contributed by atoms with van der Waals surface area (Å²) in [5.41, 5.74) is 4.50. The average Bonchev–Trinajstić information content (AvgIpc) is 1.84. The fraction of sp³-hybridized carbons (Fsp3) is 0.667. The molecule has 0 bridgehead atoms. The molecule has 0 heterocycles. The van der Waals surface area contributed by atoms with Gasteiger partial charge in [-0.05, 0) is 0 Å². The average molecular weight is 189 g/mol. The molecule has 0 aliphatic rings. The van der Waals surface area contributed by atoms with Gasteiger partial charge in [-0.3, -0.25) is 0 Å². The molecule has 0 unspecified atom stereocenters. The minimum Gasteiger partial charge on any atom is -0.327 e. The van der Waals surface area contributed by atoms with Gasteiger partial charge in [0.2, 0.25) is 0 Å². The predicted octanol–water partition coefficient (Wildman–Crippen LogP) is 2.09. The van der Waals surface area contributed by atoms with Gasteiger partial charge >= 0.3 is 12.1 Å². The van der Waals surface area contributed by atoms with E-state index in [1.54, 1.807) is 0 Å². The van der Waals surface area contributed by atoms with Crippen LogP contribution in [0.3, 0.4) is 0 Å². The third-order valence-corrected chi connectivity index (χ3v) is 1.18. The zero-order chi connectivity index (χ0) is 9.99. The molecule has 6 heteroatoms. The Morgan fingerprint density at radius 3 is 1.83 bits per heavy atom. The van der Waals surface area contributed by atoms with E-state index in [1.165, 1.54) is 0 Å². The van der Waals surface area contributed by atoms with Crippen molar-refractivity contribution in [3.63, 3.8) is 0 Å². The first-order valence-corrected chi connectivity index (χ1v) is 3.02. The van der Waals surface area contributed by atoms with Crippen LogP contribution >= 0.6 is 0 Å². The van der Waals surface area contributed by atoms with Crippen LogP contribution in [-0.2, 0) is 0 Å². The highest BCUT2D eigenvalue weighted by Gasteiger charge is 2.56. The number of hydrogen-bond acceptors (Lipinski definition) is 1. The van der Waals surface area contributed by atoms with Gasteiger partial charge in [-0.25, -0.2) is 0 Å². The minimum absolute atomic E-state index is 0.322. The van der Waals surface area contributed by atoms with Crippen LogP contribution < -0.4 is 5.73 Å². The van der Waals surface area contributed by atoms with Gasteiger partial charge in [0.1, 0.15) is 0 Å². The lowest BCUT2D eigenvalue weighted by Crippen LogP contribution is -2.37. The van der Waals surface area contributed by atoms with Crippen molar-refractivity contribution in [1.82, 2.24) is 0 Å². The molecule has 0 radical (unpaired) electrons. The van der Waals surface area contributed by atoms with Crippen LogP contribution in [0.2, 0.25) is 0 Å². The van der Waals surface area contributed by atoms with Crippen molar-refractivity contribution in [1.29, 1.82) is 0 Å². The molecule has 0 rings (SSSR count). The Bertz CT molecular complexity index is 171. The first kappa shape index (κ1) is 11.4. The largest absolute Gasteiger partial charge is 0.453 e. The minimum atomic E-state index is -5.52. The maximum atomic E-state index is 12.1. The van der Waals surface area contributed by atoms with Gasteiger partial charge in [0.25, 0.3) is 0 Å². The molecule has 2 N–H and O–H groups in total. The maximum Gasteiger partial charge on any atom is 0.453 e. The molecule has 12 heavy (non-hydrogen) atoms. The Hall–Kier alpha value is -0.650. The number of halogens is 5. The summed E-state index contributed by atoms with van der Waals surface area (Å²) in [5.74, 6) is -4.72. The van der Waals surface area contributed by atoms with Crippen molar-refractivity contribution in [2.24, 2.45) is 5.73 Å². The molecule has 0 aromatic rings. The van der Waals surface area contributed by atoms with E-state index in [0.717, 1.165) is 0 Å². The second-order valence-corrected chi connectivity index (χ2v) is 2.33. The lowest BCUT2D eigenvalue weighted by atomic mass is 10.1. The summed E-state index contributed by atoms with van der Waals surface area (Å²) in [6.45, 7) is 2.60. The molecule has 0 amide bonds. The monoisotopic (exact) mass is 189 g/mol. The summed E-state index contributed by atoms with van der Waals surface area (Å²) < 4.78 is 58.7. The van der Waals surface area contributed by atoms with Gasteiger partial charge in [0, 0.05) is 13.0 Å². The van der Waals surface area contributed by atoms with Crippen molar-refractivity contribution in [2.45, 2.75) is 18.5 Å². The van der Waals surface area contributed by atoms with Crippen LogP contribution in [0.15, 0.2) is 12.2 Å². The molecule has 0 aromatic carbocycles. The van der Waals surface area contributed by atoms with Crippen LogP contribution in [0.25, 0.3) is 0 Å². The molecule has 0 aliphatic carbocycles. The van der Waals surface area contributed by atoms with Gasteiger partial charge in [0.15, 0.2) is 0 Å². The summed E-state index contributed by atoms with van der Waals surface area (Å²) in [7, 11) is 0. The third-order valence-electron chi connectivity index (χ3n) is 1.18. The number of alkyl halides is 5. The standard InChI is InChI=1S/C6H8F5N/c1-4(3-12)2-5(7,8)6(9,10)11/h1-3,12H2. The predicted molar refractivity (Wildman–Crippen MR) is 33.8 cm³/mol. The van der Waals surface area contributed by atoms with Crippen LogP contribution in [0.1, 0.15) is 6.42 Å². The van der Waals surface area contributed by atoms with Gasteiger partial charge < -0.3 is 5.73 Å². The van der Waals surface area contributed by atoms with E-state index >= 15 is 0 Å². The van der Waals surface area contributed by atoms with E-state index in [2.05, 4.69) is 6.58 Å². The molecule has 1 nitrogen and oxygen atoms in total. The fourth-order valence-electron chi connectivity index (χ4n) is 0.486. The lowest BCUT2D eigenvalue weighted by molar-refractivity contribution is -0.281. The van der Waals surface area contributed by atoms with Crippen molar-refractivity contribution in [3.8, 4) is 0 Å². The molecule has 0 fully saturated rings. The highest BCUT2D eigenvalue weighted by molar-refractivity contribution is 5.01. The van der Waals surface area contributed by atoms with E-state index in [4.69, 9.17) is 5.73 Å². The number of nitrogens with two attached hydrogens (primary N) is 1. The number of rotatable bonds is 3. The van der Waals surface area contributed by atoms with Gasteiger partial charge in [-0.15, -0.1) is 0 Å². The second-order valence-electron chi connectivity index (χ2n) is 2.33. The molecular formula is C6H8F5N. The van der Waals surface area contributed by atoms with Crippen LogP contribution in [-0.4, -0.2) is 18.6 Å². The zero-order valence-electron chi connectivity index (χ0n) is 6.09. The number of hydrogen-bond donors (Lipinski definition) is 1. The van der Waals surface area contributed by atoms with Crippen molar-refractivity contribution in [2.75, 3.05) is 6.54 Å². The highest BCUT2D eigenvalue weighted by Crippen LogP contribution is 2.39. The van der Waals surface area contributed by atoms with Crippen molar-refractivity contribution in [3.05, 3.63) is 12.2 Å². The summed E-state index contributed by atoms with van der Waals surface area (Å²) in [5, 5.41) is 0. The van der Waals surface area contributed by atoms with Crippen molar-refractivity contribution < 1.29 is 22.0 Å². The fourth-order valence-corrected chi connectivity index (χ4v) is 0.486. The Balaban J connectivity index is 4.33. The Morgan fingerprint density at radius 1 is 1.17 bits per heavy atom. The Kier molecular flexibility index (Phi) is 3.20. The molecule has 0 spiro atoms. The summed E-state index contributed by atoms with van der Waals surface area (Å²) in [6, 6.07) is 0. The van der Waals surface area contributed by atoms with Crippen LogP contribution in [0.4, 0.5) is 22.0 Å². The van der Waals surface area contributed by atoms with Crippen LogP contribution in [0, 0.1) is 0 Å². The normalized spacial score (nSPS) is 13.2. The Morgan fingerprint density at radius 2 is 1.58 bits per heavy atom. The smallest absolute Gasteiger partial charge is 0.327 e. The van der Waals surface area contributed by atoms with E-state index in [-0.39, 0.29) is 12.1 Å². The second kappa shape index (κ2) is 3.38. The summed E-state index contributed by atoms with van der Waals surface area (Å²) in [6.07, 6.45) is -6.96. The topological polar surface area (TPSA) is 26.0 Å². The Labute approximate surface area is 66.0 Å². The molecular weight excluding hydrogens is 181 g/mol. The van der Waals surface area contributed by atoms with E-state index in [0.29, 0.717) is 0 Å². The SMILES string of the molecule is C=C(CN)CC(F)(F)C(F)(F)F. The lowest BCUT2D eigenvalue weighted by Gasteiger charge is -2.19. The van der Waals surface area contributed by atoms with Gasteiger partial charge in [-0.2, -0.15) is 22.0 Å². The molecule has 72 valence electrons. The first-order chi connectivity index (χ1) is 5.20. The molecule has 0 aliphatic heterocycles. The van der Waals surface area contributed by atoms with Crippen LogP contribution in [0.5, 0.6) is 0 Å². The highest BCUT2D eigenvalue weighted by atomic mass is 19.4. The van der Waals surface area contributed by atoms with Gasteiger partial charge in [-0.1, -0.05) is 12.2 Å². The van der Waals surface area contributed by atoms with E-state index < -0.39 is 18.5 Å². The van der Waals surface area contributed by atoms with Gasteiger partial charge in [0.05, 0.1) is 0 Å². The quantitative estimate of drug-likeness (QED) is 0.533. The summed E-state index contributed by atoms with van der Waals surface area (Å²) >= 11 is 0. The van der Waals surface area contributed by atoms with E-state index in [9.17, 15) is 22.0 Å². The van der Waals surface area contributed by atoms with Crippen molar-refractivity contribution >= 4 is 0 Å². The van der Waals surface area contributed by atoms with E-state index in [1.807, 2.05) is 0 Å². The molecule has 0 saturated heterocycles. The molecule has 0 saturated carbocycles. The first-order valence-electron chi connectivity index (χ1n) is 3.02. The summed E-state index contributed by atoms with van der Waals surface area (Å²) in [4.78, 5) is 0. The molecule has 0 aromatic heterocycles. The maximum absolute atomic E-state index is 12.1. The molecule has 0 atom stereocenters.